The lowest BCUT2D eigenvalue weighted by atomic mass is 10.2. The third-order valence-corrected chi connectivity index (χ3v) is 2.95. The number of ether oxygens (including phenoxy) is 1. The van der Waals surface area contributed by atoms with Crippen molar-refractivity contribution in [1.29, 1.82) is 0 Å². The zero-order valence-corrected chi connectivity index (χ0v) is 12.4. The number of hydrogen-bond donors (Lipinski definition) is 1. The second-order valence-electron chi connectivity index (χ2n) is 4.73. The molecule has 0 aromatic heterocycles. The van der Waals surface area contributed by atoms with E-state index in [1.165, 1.54) is 12.5 Å². The molecule has 0 unspecified atom stereocenters. The monoisotopic (exact) mass is 282 g/mol. The van der Waals surface area contributed by atoms with Crippen LogP contribution in [0.4, 0.5) is 11.4 Å². The van der Waals surface area contributed by atoms with Crippen LogP contribution >= 0.6 is 0 Å². The second-order valence-corrected chi connectivity index (χ2v) is 4.73. The number of anilines is 1. The van der Waals surface area contributed by atoms with Crippen LogP contribution in [0.15, 0.2) is 47.5 Å². The van der Waals surface area contributed by atoms with Crippen molar-refractivity contribution in [3.8, 4) is 5.75 Å². The molecule has 4 nitrogen and oxygen atoms in total. The fraction of sp³-hybridized carbons (Fsp3) is 0.176. The quantitative estimate of drug-likeness (QED) is 0.869. The molecule has 108 valence electrons. The lowest BCUT2D eigenvalue weighted by Crippen LogP contribution is -2.05. The summed E-state index contributed by atoms with van der Waals surface area (Å²) in [6.45, 7) is 3.51. The van der Waals surface area contributed by atoms with E-state index in [4.69, 9.17) is 4.74 Å². The standard InChI is InChI=1S/C17H18N2O2/c1-12-4-6-14(7-5-12)11-18-17-10-15(21-3)8-9-16(17)19-13(2)20/h4-11H,1-3H3,(H,19,20). The van der Waals surface area contributed by atoms with Gasteiger partial charge in [0.2, 0.25) is 5.91 Å². The van der Waals surface area contributed by atoms with Gasteiger partial charge in [-0.15, -0.1) is 0 Å². The topological polar surface area (TPSA) is 50.7 Å². The van der Waals surface area contributed by atoms with Crippen LogP contribution in [0.1, 0.15) is 18.1 Å². The zero-order valence-electron chi connectivity index (χ0n) is 12.4. The Kier molecular flexibility index (Phi) is 4.72. The molecule has 21 heavy (non-hydrogen) atoms. The first-order valence-corrected chi connectivity index (χ1v) is 6.65. The molecule has 0 aliphatic carbocycles. The molecule has 0 fully saturated rings. The Bertz CT molecular complexity index is 661. The number of benzene rings is 2. The van der Waals surface area contributed by atoms with Crippen LogP contribution in [-0.2, 0) is 4.79 Å². The third-order valence-electron chi connectivity index (χ3n) is 2.95. The molecule has 1 N–H and O–H groups in total. The van der Waals surface area contributed by atoms with Crippen molar-refractivity contribution in [3.63, 3.8) is 0 Å². The molecule has 0 aliphatic heterocycles. The summed E-state index contributed by atoms with van der Waals surface area (Å²) in [5.74, 6) is 0.562. The molecule has 2 aromatic rings. The van der Waals surface area contributed by atoms with Gasteiger partial charge < -0.3 is 10.1 Å². The van der Waals surface area contributed by atoms with Gasteiger partial charge in [-0.3, -0.25) is 9.79 Å². The van der Waals surface area contributed by atoms with Crippen molar-refractivity contribution in [3.05, 3.63) is 53.6 Å². The average molecular weight is 282 g/mol. The molecule has 0 atom stereocenters. The molecule has 0 saturated heterocycles. The van der Waals surface area contributed by atoms with Crippen molar-refractivity contribution in [2.24, 2.45) is 4.99 Å². The molecule has 0 aliphatic rings. The molecule has 0 spiro atoms. The molecule has 1 amide bonds. The summed E-state index contributed by atoms with van der Waals surface area (Å²) >= 11 is 0. The minimum atomic E-state index is -0.132. The maximum absolute atomic E-state index is 11.2. The summed E-state index contributed by atoms with van der Waals surface area (Å²) in [5.41, 5.74) is 3.52. The molecule has 0 saturated carbocycles. The molecule has 4 heteroatoms. The highest BCUT2D eigenvalue weighted by atomic mass is 16.5. The number of methoxy groups -OCH3 is 1. The van der Waals surface area contributed by atoms with Gasteiger partial charge in [-0.1, -0.05) is 29.8 Å². The SMILES string of the molecule is COc1ccc(NC(C)=O)c(N=Cc2ccc(C)cc2)c1. The number of carbonyl (C=O) groups excluding carboxylic acids is 1. The van der Waals surface area contributed by atoms with Gasteiger partial charge in [-0.2, -0.15) is 0 Å². The molecular weight excluding hydrogens is 264 g/mol. The first-order valence-electron chi connectivity index (χ1n) is 6.65. The van der Waals surface area contributed by atoms with E-state index in [-0.39, 0.29) is 5.91 Å². The Morgan fingerprint density at radius 2 is 1.90 bits per heavy atom. The van der Waals surface area contributed by atoms with E-state index in [9.17, 15) is 4.79 Å². The summed E-state index contributed by atoms with van der Waals surface area (Å²) in [6.07, 6.45) is 1.76. The van der Waals surface area contributed by atoms with Crippen LogP contribution in [0.25, 0.3) is 0 Å². The van der Waals surface area contributed by atoms with E-state index in [0.29, 0.717) is 17.1 Å². The Labute approximate surface area is 124 Å². The van der Waals surface area contributed by atoms with E-state index < -0.39 is 0 Å². The van der Waals surface area contributed by atoms with E-state index in [2.05, 4.69) is 10.3 Å². The molecule has 0 radical (unpaired) electrons. The van der Waals surface area contributed by atoms with Gasteiger partial charge >= 0.3 is 0 Å². The summed E-state index contributed by atoms with van der Waals surface area (Å²) in [5, 5.41) is 2.76. The number of hydrogen-bond acceptors (Lipinski definition) is 3. The molecule has 2 aromatic carbocycles. The minimum absolute atomic E-state index is 0.132. The Morgan fingerprint density at radius 3 is 2.52 bits per heavy atom. The molecule has 0 bridgehead atoms. The van der Waals surface area contributed by atoms with Crippen LogP contribution in [0.2, 0.25) is 0 Å². The molecule has 2 rings (SSSR count). The minimum Gasteiger partial charge on any atom is -0.497 e. The fourth-order valence-electron chi connectivity index (χ4n) is 1.84. The number of aliphatic imine (C=N–C) groups is 1. The number of carbonyl (C=O) groups is 1. The molecule has 0 heterocycles. The summed E-state index contributed by atoms with van der Waals surface area (Å²) in [4.78, 5) is 15.7. The number of aryl methyl sites for hydroxylation is 1. The smallest absolute Gasteiger partial charge is 0.221 e. The predicted octanol–water partition coefficient (Wildman–Crippen LogP) is 3.71. The van der Waals surface area contributed by atoms with Crippen LogP contribution in [0, 0.1) is 6.92 Å². The van der Waals surface area contributed by atoms with Gasteiger partial charge in [-0.05, 0) is 24.6 Å². The van der Waals surface area contributed by atoms with E-state index in [1.54, 1.807) is 31.5 Å². The highest BCUT2D eigenvalue weighted by Crippen LogP contribution is 2.29. The first kappa shape index (κ1) is 14.8. The first-order chi connectivity index (χ1) is 10.1. The Morgan fingerprint density at radius 1 is 1.19 bits per heavy atom. The lowest BCUT2D eigenvalue weighted by Gasteiger charge is -2.08. The fourth-order valence-corrected chi connectivity index (χ4v) is 1.84. The van der Waals surface area contributed by atoms with Crippen molar-refractivity contribution < 1.29 is 9.53 Å². The zero-order chi connectivity index (χ0) is 15.2. The molecular formula is C17H18N2O2. The average Bonchev–Trinajstić information content (AvgIpc) is 2.47. The van der Waals surface area contributed by atoms with Crippen LogP contribution in [0.3, 0.4) is 0 Å². The van der Waals surface area contributed by atoms with Gasteiger partial charge in [0.05, 0.1) is 18.5 Å². The van der Waals surface area contributed by atoms with E-state index >= 15 is 0 Å². The van der Waals surface area contributed by atoms with Gasteiger partial charge in [0, 0.05) is 19.2 Å². The number of nitrogens with zero attached hydrogens (tertiary/aromatic N) is 1. The van der Waals surface area contributed by atoms with Gasteiger partial charge in [0.1, 0.15) is 5.75 Å². The summed E-state index contributed by atoms with van der Waals surface area (Å²) in [6, 6.07) is 13.4. The number of nitrogens with one attached hydrogen (secondary N) is 1. The normalized spacial score (nSPS) is 10.6. The number of amides is 1. The second kappa shape index (κ2) is 6.70. The van der Waals surface area contributed by atoms with E-state index in [1.807, 2.05) is 31.2 Å². The van der Waals surface area contributed by atoms with E-state index in [0.717, 1.165) is 5.56 Å². The Balaban J connectivity index is 2.31. The van der Waals surface area contributed by atoms with Crippen molar-refractivity contribution >= 4 is 23.5 Å². The van der Waals surface area contributed by atoms with Crippen LogP contribution < -0.4 is 10.1 Å². The van der Waals surface area contributed by atoms with Crippen molar-refractivity contribution in [2.75, 3.05) is 12.4 Å². The van der Waals surface area contributed by atoms with Gasteiger partial charge in [0.25, 0.3) is 0 Å². The maximum atomic E-state index is 11.2. The predicted molar refractivity (Wildman–Crippen MR) is 85.7 cm³/mol. The van der Waals surface area contributed by atoms with Crippen molar-refractivity contribution in [2.45, 2.75) is 13.8 Å². The third kappa shape index (κ3) is 4.18. The summed E-state index contributed by atoms with van der Waals surface area (Å²) < 4.78 is 5.20. The van der Waals surface area contributed by atoms with Crippen molar-refractivity contribution in [1.82, 2.24) is 0 Å². The highest BCUT2D eigenvalue weighted by Gasteiger charge is 2.04. The van der Waals surface area contributed by atoms with Gasteiger partial charge in [-0.25, -0.2) is 0 Å². The van der Waals surface area contributed by atoms with Gasteiger partial charge in [0.15, 0.2) is 0 Å². The highest BCUT2D eigenvalue weighted by molar-refractivity contribution is 5.93. The summed E-state index contributed by atoms with van der Waals surface area (Å²) in [7, 11) is 1.60. The Hall–Kier alpha value is -2.62. The largest absolute Gasteiger partial charge is 0.497 e. The van der Waals surface area contributed by atoms with Crippen LogP contribution in [-0.4, -0.2) is 19.2 Å². The van der Waals surface area contributed by atoms with Crippen LogP contribution in [0.5, 0.6) is 5.75 Å². The lowest BCUT2D eigenvalue weighted by molar-refractivity contribution is -0.114. The number of rotatable bonds is 4. The maximum Gasteiger partial charge on any atom is 0.221 e.